The largest absolute Gasteiger partial charge is 0.497 e. The second-order valence-corrected chi connectivity index (χ2v) is 8.44. The summed E-state index contributed by atoms with van der Waals surface area (Å²) in [4.78, 5) is 11.5. The summed E-state index contributed by atoms with van der Waals surface area (Å²) in [5.41, 5.74) is -0.891. The zero-order chi connectivity index (χ0) is 17.6. The predicted octanol–water partition coefficient (Wildman–Crippen LogP) is 3.10. The monoisotopic (exact) mass is 348 g/mol. The molecule has 1 heterocycles. The van der Waals surface area contributed by atoms with Crippen LogP contribution in [0.25, 0.3) is 0 Å². The van der Waals surface area contributed by atoms with Gasteiger partial charge < -0.3 is 9.47 Å². The van der Waals surface area contributed by atoms with E-state index in [1.165, 1.54) is 19.2 Å². The standard InChI is InChI=1S/C15H18F2O5S/c1-14(2,3)13(18)22-11-8-15(16,17)23(19,20)12-6-5-9(21-4)7-10(11)12/h5-7,11H,8H2,1-4H3. The highest BCUT2D eigenvalue weighted by Crippen LogP contribution is 2.47. The molecule has 0 bridgehead atoms. The molecule has 0 aliphatic carbocycles. The van der Waals surface area contributed by atoms with Gasteiger partial charge in [-0.15, -0.1) is 0 Å². The Hall–Kier alpha value is -1.70. The van der Waals surface area contributed by atoms with E-state index in [9.17, 15) is 22.0 Å². The van der Waals surface area contributed by atoms with Crippen molar-refractivity contribution in [3.8, 4) is 5.75 Å². The number of rotatable bonds is 2. The molecule has 128 valence electrons. The highest BCUT2D eigenvalue weighted by atomic mass is 32.2. The number of halogens is 2. The van der Waals surface area contributed by atoms with E-state index < -0.39 is 43.9 Å². The maximum atomic E-state index is 14.0. The first kappa shape index (κ1) is 17.7. The molecule has 0 amide bonds. The fourth-order valence-electron chi connectivity index (χ4n) is 2.16. The number of esters is 1. The lowest BCUT2D eigenvalue weighted by Crippen LogP contribution is -2.38. The SMILES string of the molecule is COc1ccc2c(c1)C(OC(=O)C(C)(C)C)CC(F)(F)S2(=O)=O. The number of carbonyl (C=O) groups excluding carboxylic acids is 1. The van der Waals surface area contributed by atoms with E-state index in [0.717, 1.165) is 6.07 Å². The lowest BCUT2D eigenvalue weighted by atomic mass is 9.96. The van der Waals surface area contributed by atoms with Crippen molar-refractivity contribution < 1.29 is 31.5 Å². The third-order valence-corrected chi connectivity index (χ3v) is 5.44. The van der Waals surface area contributed by atoms with Crippen molar-refractivity contribution in [3.05, 3.63) is 23.8 Å². The van der Waals surface area contributed by atoms with Crippen LogP contribution in [0.1, 0.15) is 38.9 Å². The first-order valence-corrected chi connectivity index (χ1v) is 8.40. The summed E-state index contributed by atoms with van der Waals surface area (Å²) in [7, 11) is -3.46. The molecule has 2 rings (SSSR count). The Morgan fingerprint density at radius 1 is 1.30 bits per heavy atom. The van der Waals surface area contributed by atoms with Gasteiger partial charge in [0.05, 0.1) is 23.8 Å². The minimum atomic E-state index is -4.83. The molecule has 1 unspecified atom stereocenters. The smallest absolute Gasteiger partial charge is 0.353 e. The van der Waals surface area contributed by atoms with Gasteiger partial charge in [-0.2, -0.15) is 8.78 Å². The van der Waals surface area contributed by atoms with Crippen LogP contribution in [-0.4, -0.2) is 26.8 Å². The normalized spacial score (nSPS) is 22.1. The summed E-state index contributed by atoms with van der Waals surface area (Å²) in [5, 5.41) is -4.00. The van der Waals surface area contributed by atoms with Gasteiger partial charge in [-0.3, -0.25) is 4.79 Å². The molecule has 1 aromatic rings. The molecular weight excluding hydrogens is 330 g/mol. The predicted molar refractivity (Wildman–Crippen MR) is 78.0 cm³/mol. The minimum absolute atomic E-state index is 0.00729. The molecule has 1 atom stereocenters. The molecule has 0 aromatic heterocycles. The first-order chi connectivity index (χ1) is 10.4. The minimum Gasteiger partial charge on any atom is -0.497 e. The van der Waals surface area contributed by atoms with Gasteiger partial charge in [0.15, 0.2) is 0 Å². The van der Waals surface area contributed by atoms with Crippen molar-refractivity contribution in [2.24, 2.45) is 5.41 Å². The Balaban J connectivity index is 2.56. The molecule has 0 saturated carbocycles. The Morgan fingerprint density at radius 2 is 1.91 bits per heavy atom. The second kappa shape index (κ2) is 5.43. The summed E-state index contributed by atoms with van der Waals surface area (Å²) in [6.45, 7) is 4.75. The number of ether oxygens (including phenoxy) is 2. The number of alkyl halides is 2. The van der Waals surface area contributed by atoms with E-state index in [4.69, 9.17) is 9.47 Å². The number of hydrogen-bond donors (Lipinski definition) is 0. The van der Waals surface area contributed by atoms with Crippen LogP contribution in [0.15, 0.2) is 23.1 Å². The van der Waals surface area contributed by atoms with Gasteiger partial charge in [0.25, 0.3) is 0 Å². The Morgan fingerprint density at radius 3 is 2.43 bits per heavy atom. The van der Waals surface area contributed by atoms with Crippen molar-refractivity contribution in [1.29, 1.82) is 0 Å². The zero-order valence-corrected chi connectivity index (χ0v) is 14.0. The lowest BCUT2D eigenvalue weighted by molar-refractivity contribution is -0.162. The average molecular weight is 348 g/mol. The average Bonchev–Trinajstić information content (AvgIpc) is 2.43. The van der Waals surface area contributed by atoms with Crippen molar-refractivity contribution in [2.75, 3.05) is 7.11 Å². The Labute approximate surface area is 133 Å². The fraction of sp³-hybridized carbons (Fsp3) is 0.533. The van der Waals surface area contributed by atoms with Crippen LogP contribution >= 0.6 is 0 Å². The van der Waals surface area contributed by atoms with Gasteiger partial charge in [0, 0.05) is 5.56 Å². The first-order valence-electron chi connectivity index (χ1n) is 6.91. The van der Waals surface area contributed by atoms with E-state index in [2.05, 4.69) is 0 Å². The summed E-state index contributed by atoms with van der Waals surface area (Å²) in [5.74, 6) is -0.396. The van der Waals surface area contributed by atoms with Crippen LogP contribution in [0.5, 0.6) is 5.75 Å². The highest BCUT2D eigenvalue weighted by molar-refractivity contribution is 7.92. The third-order valence-electron chi connectivity index (χ3n) is 3.53. The molecular formula is C15H18F2O5S. The third kappa shape index (κ3) is 3.04. The molecule has 0 N–H and O–H groups in total. The molecule has 1 aliphatic heterocycles. The van der Waals surface area contributed by atoms with Crippen molar-refractivity contribution in [3.63, 3.8) is 0 Å². The van der Waals surface area contributed by atoms with Gasteiger partial charge in [-0.05, 0) is 39.0 Å². The van der Waals surface area contributed by atoms with Crippen molar-refractivity contribution in [1.82, 2.24) is 0 Å². The van der Waals surface area contributed by atoms with E-state index in [-0.39, 0.29) is 5.56 Å². The highest BCUT2D eigenvalue weighted by Gasteiger charge is 2.54. The summed E-state index contributed by atoms with van der Waals surface area (Å²) in [6, 6.07) is 3.64. The van der Waals surface area contributed by atoms with Gasteiger partial charge in [0.2, 0.25) is 9.84 Å². The van der Waals surface area contributed by atoms with E-state index in [1.54, 1.807) is 20.8 Å². The van der Waals surface area contributed by atoms with Crippen LogP contribution in [-0.2, 0) is 19.4 Å². The number of hydrogen-bond acceptors (Lipinski definition) is 5. The molecule has 0 saturated heterocycles. The maximum Gasteiger partial charge on any atom is 0.353 e. The van der Waals surface area contributed by atoms with E-state index in [1.807, 2.05) is 0 Å². The maximum absolute atomic E-state index is 14.0. The van der Waals surface area contributed by atoms with Gasteiger partial charge >= 0.3 is 11.2 Å². The lowest BCUT2D eigenvalue weighted by Gasteiger charge is -2.32. The second-order valence-electron chi connectivity index (χ2n) is 6.39. The number of benzene rings is 1. The zero-order valence-electron chi connectivity index (χ0n) is 13.2. The van der Waals surface area contributed by atoms with Gasteiger partial charge in [-0.25, -0.2) is 8.42 Å². The molecule has 23 heavy (non-hydrogen) atoms. The van der Waals surface area contributed by atoms with Crippen LogP contribution in [0.2, 0.25) is 0 Å². The molecule has 0 fully saturated rings. The van der Waals surface area contributed by atoms with E-state index in [0.29, 0.717) is 5.75 Å². The van der Waals surface area contributed by atoms with Crippen LogP contribution in [0.4, 0.5) is 8.78 Å². The Kier molecular flexibility index (Phi) is 4.17. The number of carbonyl (C=O) groups is 1. The van der Waals surface area contributed by atoms with Crippen LogP contribution in [0, 0.1) is 5.41 Å². The topological polar surface area (TPSA) is 69.7 Å². The summed E-state index contributed by atoms with van der Waals surface area (Å²) < 4.78 is 62.3. The molecule has 0 spiro atoms. The van der Waals surface area contributed by atoms with E-state index >= 15 is 0 Å². The van der Waals surface area contributed by atoms with Crippen molar-refractivity contribution >= 4 is 15.8 Å². The molecule has 8 heteroatoms. The fourth-order valence-corrected chi connectivity index (χ4v) is 3.60. The molecule has 5 nitrogen and oxygen atoms in total. The molecule has 0 radical (unpaired) electrons. The van der Waals surface area contributed by atoms with Crippen LogP contribution < -0.4 is 4.74 Å². The van der Waals surface area contributed by atoms with Gasteiger partial charge in [-0.1, -0.05) is 0 Å². The quantitative estimate of drug-likeness (QED) is 0.768. The van der Waals surface area contributed by atoms with Crippen LogP contribution in [0.3, 0.4) is 0 Å². The number of fused-ring (bicyclic) bond motifs is 1. The van der Waals surface area contributed by atoms with Gasteiger partial charge in [0.1, 0.15) is 11.9 Å². The Bertz CT molecular complexity index is 735. The number of sulfone groups is 1. The molecule has 1 aliphatic rings. The van der Waals surface area contributed by atoms with Crippen molar-refractivity contribution in [2.45, 2.75) is 43.4 Å². The summed E-state index contributed by atoms with van der Waals surface area (Å²) >= 11 is 0. The summed E-state index contributed by atoms with van der Waals surface area (Å²) in [6.07, 6.45) is -2.47. The number of methoxy groups -OCH3 is 1. The molecule has 1 aromatic carbocycles.